The van der Waals surface area contributed by atoms with Crippen LogP contribution in [0.2, 0.25) is 0 Å². The Morgan fingerprint density at radius 1 is 1.05 bits per heavy atom. The quantitative estimate of drug-likeness (QED) is 0.912. The minimum atomic E-state index is -0.841. The summed E-state index contributed by atoms with van der Waals surface area (Å²) in [5.41, 5.74) is 0.476. The largest absolute Gasteiger partial charge is 0.342 e. The van der Waals surface area contributed by atoms with Gasteiger partial charge in [0, 0.05) is 6.07 Å². The van der Waals surface area contributed by atoms with Crippen LogP contribution in [0.4, 0.5) is 8.78 Å². The minimum absolute atomic E-state index is 0.131. The molecule has 0 unspecified atom stereocenters. The molecule has 20 heavy (non-hydrogen) atoms. The summed E-state index contributed by atoms with van der Waals surface area (Å²) in [6, 6.07) is 12.6. The number of carbonyl (C=O) groups is 1. The van der Waals surface area contributed by atoms with Crippen molar-refractivity contribution in [1.82, 2.24) is 5.32 Å². The third-order valence-electron chi connectivity index (χ3n) is 3.60. The molecule has 1 aliphatic rings. The van der Waals surface area contributed by atoms with Crippen LogP contribution in [0.1, 0.15) is 28.8 Å². The van der Waals surface area contributed by atoms with E-state index in [0.717, 1.165) is 30.5 Å². The van der Waals surface area contributed by atoms with Gasteiger partial charge in [-0.05, 0) is 30.5 Å². The molecule has 0 radical (unpaired) electrons. The lowest BCUT2D eigenvalue weighted by molar-refractivity contribution is 0.0926. The monoisotopic (exact) mass is 273 g/mol. The molecule has 4 heteroatoms. The molecular weight excluding hydrogens is 260 g/mol. The zero-order chi connectivity index (χ0) is 14.2. The van der Waals surface area contributed by atoms with Crippen LogP contribution in [0, 0.1) is 11.6 Å². The Bertz CT molecular complexity index is 651. The first-order valence-electron chi connectivity index (χ1n) is 6.44. The minimum Gasteiger partial charge on any atom is -0.342 e. The SMILES string of the molecule is O=C(NC1(c2ccccc2)CC1)c1ccc(F)cc1F. The first kappa shape index (κ1) is 12.8. The van der Waals surface area contributed by atoms with E-state index in [4.69, 9.17) is 0 Å². The fourth-order valence-corrected chi connectivity index (χ4v) is 2.33. The first-order chi connectivity index (χ1) is 9.61. The Hall–Kier alpha value is -2.23. The zero-order valence-corrected chi connectivity index (χ0v) is 10.7. The van der Waals surface area contributed by atoms with Crippen molar-refractivity contribution in [1.29, 1.82) is 0 Å². The van der Waals surface area contributed by atoms with Crippen LogP contribution in [0.15, 0.2) is 48.5 Å². The third kappa shape index (κ3) is 2.29. The van der Waals surface area contributed by atoms with E-state index >= 15 is 0 Å². The third-order valence-corrected chi connectivity index (χ3v) is 3.60. The Morgan fingerprint density at radius 3 is 2.35 bits per heavy atom. The molecule has 1 aliphatic carbocycles. The molecule has 0 heterocycles. The zero-order valence-electron chi connectivity index (χ0n) is 10.7. The number of carbonyl (C=O) groups excluding carboxylic acids is 1. The normalized spacial score (nSPS) is 15.7. The molecule has 0 aromatic heterocycles. The Balaban J connectivity index is 1.83. The molecule has 0 bridgehead atoms. The summed E-state index contributed by atoms with van der Waals surface area (Å²) < 4.78 is 26.5. The number of nitrogens with one attached hydrogen (secondary N) is 1. The van der Waals surface area contributed by atoms with Gasteiger partial charge in [-0.2, -0.15) is 0 Å². The number of benzene rings is 2. The molecule has 102 valence electrons. The number of amides is 1. The van der Waals surface area contributed by atoms with E-state index < -0.39 is 23.1 Å². The number of hydrogen-bond donors (Lipinski definition) is 1. The smallest absolute Gasteiger partial charge is 0.254 e. The Morgan fingerprint density at radius 2 is 1.75 bits per heavy atom. The van der Waals surface area contributed by atoms with Crippen LogP contribution >= 0.6 is 0 Å². The van der Waals surface area contributed by atoms with E-state index in [-0.39, 0.29) is 5.56 Å². The van der Waals surface area contributed by atoms with Gasteiger partial charge in [0.15, 0.2) is 0 Å². The lowest BCUT2D eigenvalue weighted by atomic mass is 10.0. The van der Waals surface area contributed by atoms with Crippen molar-refractivity contribution in [3.63, 3.8) is 0 Å². The van der Waals surface area contributed by atoms with Gasteiger partial charge in [-0.15, -0.1) is 0 Å². The lowest BCUT2D eigenvalue weighted by Gasteiger charge is -2.18. The van der Waals surface area contributed by atoms with E-state index in [1.54, 1.807) is 0 Å². The molecule has 0 aliphatic heterocycles. The molecule has 1 saturated carbocycles. The van der Waals surface area contributed by atoms with Crippen molar-refractivity contribution in [3.05, 3.63) is 71.3 Å². The molecule has 1 amide bonds. The van der Waals surface area contributed by atoms with Crippen molar-refractivity contribution < 1.29 is 13.6 Å². The van der Waals surface area contributed by atoms with Crippen LogP contribution in [0.3, 0.4) is 0 Å². The van der Waals surface area contributed by atoms with E-state index in [1.165, 1.54) is 6.07 Å². The summed E-state index contributed by atoms with van der Waals surface area (Å²) in [5.74, 6) is -2.04. The molecular formula is C16H13F2NO. The van der Waals surface area contributed by atoms with Crippen LogP contribution < -0.4 is 5.32 Å². The van der Waals surface area contributed by atoms with E-state index in [2.05, 4.69) is 5.32 Å². The highest BCUT2D eigenvalue weighted by molar-refractivity contribution is 5.95. The van der Waals surface area contributed by atoms with Crippen molar-refractivity contribution in [3.8, 4) is 0 Å². The number of halogens is 2. The number of rotatable bonds is 3. The Kier molecular flexibility index (Phi) is 3.01. The first-order valence-corrected chi connectivity index (χ1v) is 6.44. The van der Waals surface area contributed by atoms with Gasteiger partial charge < -0.3 is 5.32 Å². The highest BCUT2D eigenvalue weighted by Gasteiger charge is 2.45. The summed E-state index contributed by atoms with van der Waals surface area (Å²) in [6.45, 7) is 0. The molecule has 0 saturated heterocycles. The standard InChI is InChI=1S/C16H13F2NO/c17-12-6-7-13(14(18)10-12)15(20)19-16(8-9-16)11-4-2-1-3-5-11/h1-7,10H,8-9H2,(H,19,20). The Labute approximate surface area is 115 Å². The summed E-state index contributed by atoms with van der Waals surface area (Å²) in [4.78, 5) is 12.1. The summed E-state index contributed by atoms with van der Waals surface area (Å²) in [5, 5.41) is 2.86. The second kappa shape index (κ2) is 4.71. The fourth-order valence-electron chi connectivity index (χ4n) is 2.33. The van der Waals surface area contributed by atoms with Crippen molar-refractivity contribution in [2.45, 2.75) is 18.4 Å². The molecule has 0 atom stereocenters. The molecule has 2 aromatic carbocycles. The van der Waals surface area contributed by atoms with Crippen LogP contribution in [-0.2, 0) is 5.54 Å². The average Bonchev–Trinajstić information content (AvgIpc) is 3.20. The van der Waals surface area contributed by atoms with Gasteiger partial charge in [0.2, 0.25) is 0 Å². The fraction of sp³-hybridized carbons (Fsp3) is 0.188. The van der Waals surface area contributed by atoms with Gasteiger partial charge in [-0.25, -0.2) is 8.78 Å². The molecule has 3 rings (SSSR count). The van der Waals surface area contributed by atoms with Gasteiger partial charge in [0.05, 0.1) is 11.1 Å². The van der Waals surface area contributed by atoms with Crippen LogP contribution in [0.25, 0.3) is 0 Å². The average molecular weight is 273 g/mol. The predicted octanol–water partition coefficient (Wildman–Crippen LogP) is 3.38. The highest BCUT2D eigenvalue weighted by Crippen LogP contribution is 2.45. The van der Waals surface area contributed by atoms with Gasteiger partial charge >= 0.3 is 0 Å². The van der Waals surface area contributed by atoms with Crippen molar-refractivity contribution in [2.24, 2.45) is 0 Å². The summed E-state index contributed by atoms with van der Waals surface area (Å²) >= 11 is 0. The van der Waals surface area contributed by atoms with E-state index in [1.807, 2.05) is 30.3 Å². The lowest BCUT2D eigenvalue weighted by Crippen LogP contribution is -2.35. The van der Waals surface area contributed by atoms with Gasteiger partial charge in [-0.3, -0.25) is 4.79 Å². The molecule has 1 fully saturated rings. The van der Waals surface area contributed by atoms with E-state index in [9.17, 15) is 13.6 Å². The maximum atomic E-state index is 13.6. The molecule has 1 N–H and O–H groups in total. The highest BCUT2D eigenvalue weighted by atomic mass is 19.1. The molecule has 2 aromatic rings. The van der Waals surface area contributed by atoms with E-state index in [0.29, 0.717) is 0 Å². The summed E-state index contributed by atoms with van der Waals surface area (Å²) in [6.07, 6.45) is 1.65. The van der Waals surface area contributed by atoms with Crippen molar-refractivity contribution in [2.75, 3.05) is 0 Å². The van der Waals surface area contributed by atoms with Gasteiger partial charge in [0.1, 0.15) is 11.6 Å². The second-order valence-electron chi connectivity index (χ2n) is 5.03. The topological polar surface area (TPSA) is 29.1 Å². The second-order valence-corrected chi connectivity index (χ2v) is 5.03. The molecule has 2 nitrogen and oxygen atoms in total. The molecule has 0 spiro atoms. The number of hydrogen-bond acceptors (Lipinski definition) is 1. The maximum absolute atomic E-state index is 13.6. The van der Waals surface area contributed by atoms with Crippen LogP contribution in [-0.4, -0.2) is 5.91 Å². The van der Waals surface area contributed by atoms with Gasteiger partial charge in [-0.1, -0.05) is 30.3 Å². The van der Waals surface area contributed by atoms with Crippen molar-refractivity contribution >= 4 is 5.91 Å². The van der Waals surface area contributed by atoms with Crippen LogP contribution in [0.5, 0.6) is 0 Å². The maximum Gasteiger partial charge on any atom is 0.254 e. The predicted molar refractivity (Wildman–Crippen MR) is 71.2 cm³/mol. The van der Waals surface area contributed by atoms with Gasteiger partial charge in [0.25, 0.3) is 5.91 Å². The summed E-state index contributed by atoms with van der Waals surface area (Å²) in [7, 11) is 0.